The minimum atomic E-state index is -0.256. The lowest BCUT2D eigenvalue weighted by Gasteiger charge is -2.40. The highest BCUT2D eigenvalue weighted by Gasteiger charge is 2.42. The summed E-state index contributed by atoms with van der Waals surface area (Å²) in [5.41, 5.74) is 4.20. The van der Waals surface area contributed by atoms with Gasteiger partial charge in [0.2, 0.25) is 5.91 Å². The van der Waals surface area contributed by atoms with Crippen molar-refractivity contribution >= 4 is 29.0 Å². The van der Waals surface area contributed by atoms with Crippen molar-refractivity contribution in [2.24, 2.45) is 0 Å². The van der Waals surface area contributed by atoms with E-state index in [9.17, 15) is 9.59 Å². The summed E-state index contributed by atoms with van der Waals surface area (Å²) in [6, 6.07) is 21.2. The van der Waals surface area contributed by atoms with E-state index in [1.54, 1.807) is 23.4 Å². The van der Waals surface area contributed by atoms with Crippen molar-refractivity contribution in [3.63, 3.8) is 0 Å². The third-order valence-corrected chi connectivity index (χ3v) is 6.52. The predicted molar refractivity (Wildman–Crippen MR) is 121 cm³/mol. The number of hydrogen-bond acceptors (Lipinski definition) is 3. The number of benzene rings is 2. The molecule has 0 N–H and O–H groups in total. The lowest BCUT2D eigenvalue weighted by molar-refractivity contribution is -0.120. The van der Waals surface area contributed by atoms with Crippen LogP contribution in [-0.2, 0) is 9.59 Å². The van der Waals surface area contributed by atoms with Gasteiger partial charge < -0.3 is 0 Å². The van der Waals surface area contributed by atoms with Crippen molar-refractivity contribution in [2.75, 3.05) is 4.90 Å². The second-order valence-electron chi connectivity index (χ2n) is 8.02. The van der Waals surface area contributed by atoms with Gasteiger partial charge in [0, 0.05) is 42.4 Å². The Bertz CT molecular complexity index is 1170. The topological polar surface area (TPSA) is 50.3 Å². The zero-order valence-corrected chi connectivity index (χ0v) is 17.6. The van der Waals surface area contributed by atoms with E-state index in [-0.39, 0.29) is 29.9 Å². The molecule has 2 atom stereocenters. The number of carbonyl (C=O) groups excluding carboxylic acids is 2. The molecule has 31 heavy (non-hydrogen) atoms. The number of aromatic nitrogens is 1. The molecule has 3 aromatic rings. The first-order valence-corrected chi connectivity index (χ1v) is 10.8. The van der Waals surface area contributed by atoms with Crippen LogP contribution in [0.25, 0.3) is 0 Å². The summed E-state index contributed by atoms with van der Waals surface area (Å²) >= 11 is 6.49. The molecule has 2 heterocycles. The van der Waals surface area contributed by atoms with Crippen LogP contribution in [0.2, 0.25) is 5.02 Å². The maximum absolute atomic E-state index is 13.5. The number of rotatable bonds is 3. The molecule has 154 valence electrons. The number of hydrogen-bond donors (Lipinski definition) is 0. The summed E-state index contributed by atoms with van der Waals surface area (Å²) in [6.07, 6.45) is 4.70. The minimum Gasteiger partial charge on any atom is -0.294 e. The van der Waals surface area contributed by atoms with Crippen LogP contribution in [0.3, 0.4) is 0 Å². The number of carbonyl (C=O) groups is 2. The molecular weight excluding hydrogens is 408 g/mol. The Labute approximate surface area is 186 Å². The second-order valence-corrected chi connectivity index (χ2v) is 8.42. The lowest BCUT2D eigenvalue weighted by atomic mass is 9.73. The highest BCUT2D eigenvalue weighted by molar-refractivity contribution is 6.34. The maximum Gasteiger partial charge on any atom is 0.232 e. The molecule has 0 bridgehead atoms. The zero-order valence-electron chi connectivity index (χ0n) is 16.9. The largest absolute Gasteiger partial charge is 0.294 e. The van der Waals surface area contributed by atoms with Crippen LogP contribution >= 0.6 is 11.6 Å². The fraction of sp³-hybridized carbons (Fsp3) is 0.192. The number of ketones is 1. The average molecular weight is 429 g/mol. The van der Waals surface area contributed by atoms with Crippen molar-refractivity contribution in [3.05, 3.63) is 107 Å². The van der Waals surface area contributed by atoms with Gasteiger partial charge in [-0.2, -0.15) is 0 Å². The van der Waals surface area contributed by atoms with E-state index in [1.807, 2.05) is 60.7 Å². The van der Waals surface area contributed by atoms with Crippen molar-refractivity contribution in [1.29, 1.82) is 0 Å². The van der Waals surface area contributed by atoms with Crippen LogP contribution in [0.5, 0.6) is 0 Å². The summed E-state index contributed by atoms with van der Waals surface area (Å²) < 4.78 is 0. The minimum absolute atomic E-state index is 0.0291. The van der Waals surface area contributed by atoms with Crippen molar-refractivity contribution in [2.45, 2.75) is 31.1 Å². The first-order valence-electron chi connectivity index (χ1n) is 10.4. The fourth-order valence-corrected chi connectivity index (χ4v) is 5.01. The van der Waals surface area contributed by atoms with Gasteiger partial charge in [-0.05, 0) is 47.7 Å². The average Bonchev–Trinajstić information content (AvgIpc) is 2.80. The summed E-state index contributed by atoms with van der Waals surface area (Å²) in [5.74, 6) is -0.175. The number of pyridine rings is 1. The van der Waals surface area contributed by atoms with E-state index in [0.717, 1.165) is 22.4 Å². The van der Waals surface area contributed by atoms with Crippen LogP contribution < -0.4 is 4.90 Å². The van der Waals surface area contributed by atoms with Crippen LogP contribution in [-0.4, -0.2) is 16.7 Å². The Kier molecular flexibility index (Phi) is 5.16. The summed E-state index contributed by atoms with van der Waals surface area (Å²) in [5, 5.41) is 0.499. The van der Waals surface area contributed by atoms with Gasteiger partial charge in [-0.25, -0.2) is 0 Å². The molecular formula is C26H21ClN2O2. The zero-order chi connectivity index (χ0) is 21.4. The van der Waals surface area contributed by atoms with Crippen molar-refractivity contribution in [1.82, 2.24) is 4.98 Å². The van der Waals surface area contributed by atoms with Crippen molar-refractivity contribution < 1.29 is 9.59 Å². The van der Waals surface area contributed by atoms with Crippen LogP contribution in [0.1, 0.15) is 42.2 Å². The molecule has 5 rings (SSSR count). The third-order valence-electron chi connectivity index (χ3n) is 6.20. The van der Waals surface area contributed by atoms with Gasteiger partial charge in [-0.3, -0.25) is 19.5 Å². The van der Waals surface area contributed by atoms with Gasteiger partial charge in [0.05, 0.1) is 10.7 Å². The molecule has 0 saturated heterocycles. The summed E-state index contributed by atoms with van der Waals surface area (Å²) in [7, 11) is 0. The molecule has 4 nitrogen and oxygen atoms in total. The molecule has 1 amide bonds. The molecule has 2 aliphatic rings. The molecule has 0 radical (unpaired) electrons. The van der Waals surface area contributed by atoms with Gasteiger partial charge in [0.15, 0.2) is 5.78 Å². The molecule has 1 aromatic heterocycles. The number of anilines is 1. The van der Waals surface area contributed by atoms with E-state index >= 15 is 0 Å². The molecule has 1 aliphatic carbocycles. The Hall–Kier alpha value is -3.24. The number of allylic oxidation sites excluding steroid dienone is 2. The Morgan fingerprint density at radius 1 is 0.806 bits per heavy atom. The van der Waals surface area contributed by atoms with Gasteiger partial charge >= 0.3 is 0 Å². The number of para-hydroxylation sites is 1. The molecule has 5 heteroatoms. The number of amides is 1. The van der Waals surface area contributed by atoms with Gasteiger partial charge in [0.25, 0.3) is 0 Å². The lowest BCUT2D eigenvalue weighted by Crippen LogP contribution is -2.42. The van der Waals surface area contributed by atoms with Gasteiger partial charge in [-0.15, -0.1) is 0 Å². The Morgan fingerprint density at radius 3 is 2.26 bits per heavy atom. The van der Waals surface area contributed by atoms with Crippen LogP contribution in [0.4, 0.5) is 5.69 Å². The SMILES string of the molecule is O=C1CC(c2ccccc2)CC2=C1C(c1ccncc1)CC(=O)N2c1ccccc1Cl. The normalized spacial score (nSPS) is 21.3. The Morgan fingerprint density at radius 2 is 1.52 bits per heavy atom. The van der Waals surface area contributed by atoms with Crippen molar-refractivity contribution in [3.8, 4) is 0 Å². The highest BCUT2D eigenvalue weighted by Crippen LogP contribution is 2.47. The molecule has 2 unspecified atom stereocenters. The first-order chi connectivity index (χ1) is 15.1. The quantitative estimate of drug-likeness (QED) is 0.541. The van der Waals surface area contributed by atoms with Gasteiger partial charge in [-0.1, -0.05) is 54.1 Å². The molecule has 2 aromatic carbocycles. The van der Waals surface area contributed by atoms with E-state index in [4.69, 9.17) is 11.6 Å². The third kappa shape index (κ3) is 3.57. The van der Waals surface area contributed by atoms with E-state index < -0.39 is 0 Å². The molecule has 1 aliphatic heterocycles. The standard InChI is InChI=1S/C26H21ClN2O2/c27-21-8-4-5-9-22(21)29-23-14-19(17-6-2-1-3-7-17)15-24(30)26(23)20(16-25(29)31)18-10-12-28-13-11-18/h1-13,19-20H,14-16H2. The smallest absolute Gasteiger partial charge is 0.232 e. The van der Waals surface area contributed by atoms with E-state index in [0.29, 0.717) is 23.6 Å². The number of Topliss-reactive ketones (excluding diaryl/α,β-unsaturated/α-hetero) is 1. The van der Waals surface area contributed by atoms with E-state index in [1.165, 1.54) is 0 Å². The second kappa shape index (κ2) is 8.12. The van der Waals surface area contributed by atoms with E-state index in [2.05, 4.69) is 4.98 Å². The van der Waals surface area contributed by atoms with Gasteiger partial charge in [0.1, 0.15) is 0 Å². The monoisotopic (exact) mass is 428 g/mol. The van der Waals surface area contributed by atoms with Crippen LogP contribution in [0, 0.1) is 0 Å². The first kappa shape index (κ1) is 19.7. The fourth-order valence-electron chi connectivity index (χ4n) is 4.79. The number of halogens is 1. The highest BCUT2D eigenvalue weighted by atomic mass is 35.5. The molecule has 0 spiro atoms. The molecule has 0 saturated carbocycles. The Balaban J connectivity index is 1.67. The summed E-state index contributed by atoms with van der Waals surface area (Å²) in [6.45, 7) is 0. The maximum atomic E-state index is 13.5. The van der Waals surface area contributed by atoms with Crippen LogP contribution in [0.15, 0.2) is 90.4 Å². The number of nitrogens with zero attached hydrogens (tertiary/aromatic N) is 2. The molecule has 0 fully saturated rings. The summed E-state index contributed by atoms with van der Waals surface area (Å²) in [4.78, 5) is 32.7. The predicted octanol–water partition coefficient (Wildman–Crippen LogP) is 5.66.